The lowest BCUT2D eigenvalue weighted by Crippen LogP contribution is -2.24. The van der Waals surface area contributed by atoms with Gasteiger partial charge in [-0.15, -0.1) is 0 Å². The van der Waals surface area contributed by atoms with Gasteiger partial charge in [-0.2, -0.15) is 0 Å². The van der Waals surface area contributed by atoms with Gasteiger partial charge in [-0.3, -0.25) is 55.4 Å². The number of amides is 2. The second-order valence-electron chi connectivity index (χ2n) is 25.7. The molecular formula is C74H96N2O24P4S2. The largest absolute Gasteiger partial charge is 0.508 e. The molecule has 4 aliphatic rings. The van der Waals surface area contributed by atoms with Gasteiger partial charge in [0, 0.05) is 98.9 Å². The first-order valence-corrected chi connectivity index (χ1v) is 44.2. The van der Waals surface area contributed by atoms with E-state index >= 15 is 0 Å². The molecule has 32 heteroatoms. The standard InChI is InChI=1S/C74H96N2O24P4S2/c1-3-4-5-17-42-105-106-43-18-9-8-16-37-91-101(83,84)94-40-41-95-104(89,90)98-52-54(22-11-13-36-76-74(82)58-26-20-24-56(45-58)72-65-33-29-61(79)48-69(65)100-70-49-62(80)30-34-66(70)72)51-97-103(87,88)93-39-15-7-6-14-38-92-102(85,86)96-50-53(2)21-10-12-35-75-73(81)57-25-19-23-55(44-57)71-63-31-27-59(77)46-67(63)99-68-47-60(78)28-32-64(68)71/h19-20,23-34,44-49,53-54,77,79H,3-18,21-22,35-43,50-52H2,1-2H3,(H,75,81)(H,76,82)(H,83,84)(H,85,86)(H,87,88)(H,89,90). The van der Waals surface area contributed by atoms with E-state index in [4.69, 9.17) is 45.0 Å². The van der Waals surface area contributed by atoms with E-state index < -0.39 is 69.5 Å². The van der Waals surface area contributed by atoms with Crippen LogP contribution in [0.1, 0.15) is 150 Å². The maximum atomic E-state index is 13.6. The van der Waals surface area contributed by atoms with Crippen LogP contribution in [0.15, 0.2) is 140 Å². The smallest absolute Gasteiger partial charge is 0.472 e. The van der Waals surface area contributed by atoms with Gasteiger partial charge >= 0.3 is 31.3 Å². The molecule has 6 atom stereocenters. The van der Waals surface area contributed by atoms with Gasteiger partial charge in [-0.25, -0.2) is 18.3 Å². The number of rotatable bonds is 51. The topological polar surface area (TPSA) is 382 Å². The summed E-state index contributed by atoms with van der Waals surface area (Å²) in [6.07, 6.45) is 12.8. The minimum Gasteiger partial charge on any atom is -0.508 e. The molecule has 0 saturated heterocycles. The second-order valence-corrected chi connectivity index (χ2v) is 34.2. The van der Waals surface area contributed by atoms with Crippen LogP contribution in [-0.2, 0) is 54.5 Å². The predicted octanol–water partition coefficient (Wildman–Crippen LogP) is 17.2. The van der Waals surface area contributed by atoms with Crippen LogP contribution in [0.5, 0.6) is 11.5 Å². The second kappa shape index (κ2) is 43.4. The van der Waals surface area contributed by atoms with Gasteiger partial charge in [0.15, 0.2) is 10.9 Å². The number of aromatic hydroxyl groups is 2. The molecule has 2 aliphatic carbocycles. The fourth-order valence-electron chi connectivity index (χ4n) is 11.5. The van der Waals surface area contributed by atoms with E-state index in [1.54, 1.807) is 66.7 Å². The summed E-state index contributed by atoms with van der Waals surface area (Å²) in [6, 6.07) is 32.3. The van der Waals surface area contributed by atoms with Crippen molar-refractivity contribution in [1.82, 2.24) is 10.6 Å². The molecule has 0 radical (unpaired) electrons. The molecule has 0 aromatic heterocycles. The average molecular weight is 1590 g/mol. The van der Waals surface area contributed by atoms with Crippen molar-refractivity contribution in [3.8, 4) is 56.4 Å². The minimum absolute atomic E-state index is 0.00199. The Morgan fingerprint density at radius 2 is 0.849 bits per heavy atom. The normalized spacial score (nSPS) is 14.7. The summed E-state index contributed by atoms with van der Waals surface area (Å²) in [6.45, 7) is 2.03. The number of hydrogen-bond acceptors (Lipinski definition) is 22. The summed E-state index contributed by atoms with van der Waals surface area (Å²) in [4.78, 5) is 93.2. The summed E-state index contributed by atoms with van der Waals surface area (Å²) < 4.78 is 105. The number of phosphoric ester groups is 4. The van der Waals surface area contributed by atoms with Crippen LogP contribution in [0.3, 0.4) is 0 Å². The molecule has 0 saturated carbocycles. The molecule has 8 rings (SSSR count). The summed E-state index contributed by atoms with van der Waals surface area (Å²) in [5, 5.41) is 27.5. The number of benzene rings is 6. The number of carbonyl (C=O) groups is 2. The number of fused-ring (bicyclic) bond motifs is 4. The van der Waals surface area contributed by atoms with Gasteiger partial charge in [-0.05, 0) is 148 Å². The molecule has 106 heavy (non-hydrogen) atoms. The molecule has 2 amide bonds. The molecule has 4 aromatic carbocycles. The van der Waals surface area contributed by atoms with Crippen molar-refractivity contribution >= 4 is 86.6 Å². The van der Waals surface area contributed by atoms with E-state index in [2.05, 4.69) is 17.6 Å². The third-order valence-electron chi connectivity index (χ3n) is 17.1. The SMILES string of the molecule is CCCCCCSSCCCCCCOP(=O)(O)OCCOP(=O)(O)OCC(CCCCNC(=O)c1cccc(-c2c3ccc(=O)cc-3oc3cc(O)ccc23)c1)COP(=O)(O)OCCCCCCOP(=O)(O)OCC(C)CCCCNC(=O)c1cccc(-c2c3ccc(=O)cc-3oc3cc(O)ccc23)c1. The van der Waals surface area contributed by atoms with Gasteiger partial charge in [-0.1, -0.05) is 117 Å². The molecule has 6 unspecified atom stereocenters. The van der Waals surface area contributed by atoms with Crippen molar-refractivity contribution in [3.63, 3.8) is 0 Å². The van der Waals surface area contributed by atoms with Crippen LogP contribution in [0.25, 0.3) is 66.8 Å². The van der Waals surface area contributed by atoms with E-state index in [0.717, 1.165) is 41.9 Å². The number of nitrogens with one attached hydrogen (secondary N) is 2. The molecule has 2 heterocycles. The van der Waals surface area contributed by atoms with Crippen molar-refractivity contribution < 1.29 is 103 Å². The van der Waals surface area contributed by atoms with Crippen molar-refractivity contribution in [3.05, 3.63) is 153 Å². The maximum absolute atomic E-state index is 13.6. The minimum atomic E-state index is -4.84. The predicted molar refractivity (Wildman–Crippen MR) is 410 cm³/mol. The lowest BCUT2D eigenvalue weighted by Gasteiger charge is -2.21. The molecular weight excluding hydrogens is 1490 g/mol. The third-order valence-corrected chi connectivity index (χ3v) is 23.6. The lowest BCUT2D eigenvalue weighted by molar-refractivity contribution is 0.0772. The van der Waals surface area contributed by atoms with Gasteiger partial charge in [0.05, 0.1) is 52.9 Å². The molecule has 0 bridgehead atoms. The molecule has 0 fully saturated rings. The number of phenols is 2. The highest BCUT2D eigenvalue weighted by Crippen LogP contribution is 2.49. The average Bonchev–Trinajstić information content (AvgIpc) is 0.762. The van der Waals surface area contributed by atoms with Gasteiger partial charge in [0.2, 0.25) is 0 Å². The Bertz CT molecular complexity index is 4390. The van der Waals surface area contributed by atoms with Gasteiger partial charge < -0.3 is 49.3 Å². The summed E-state index contributed by atoms with van der Waals surface area (Å²) in [5.74, 6) is 1.18. The van der Waals surface area contributed by atoms with Crippen molar-refractivity contribution in [2.75, 3.05) is 77.5 Å². The highest BCUT2D eigenvalue weighted by molar-refractivity contribution is 8.76. The Morgan fingerprint density at radius 1 is 0.443 bits per heavy atom. The Morgan fingerprint density at radius 3 is 1.30 bits per heavy atom. The first-order chi connectivity index (χ1) is 50.9. The van der Waals surface area contributed by atoms with E-state index in [1.807, 2.05) is 40.6 Å². The zero-order chi connectivity index (χ0) is 76.0. The first kappa shape index (κ1) is 85.5. The lowest BCUT2D eigenvalue weighted by atomic mass is 9.92. The third kappa shape index (κ3) is 29.1. The highest BCUT2D eigenvalue weighted by atomic mass is 33.1. The molecule has 578 valence electrons. The highest BCUT2D eigenvalue weighted by Gasteiger charge is 2.30. The molecule has 2 aliphatic heterocycles. The van der Waals surface area contributed by atoms with Crippen molar-refractivity contribution in [2.45, 2.75) is 129 Å². The van der Waals surface area contributed by atoms with Crippen LogP contribution in [0.2, 0.25) is 0 Å². The number of hydrogen-bond donors (Lipinski definition) is 8. The van der Waals surface area contributed by atoms with Crippen LogP contribution >= 0.6 is 52.9 Å². The maximum Gasteiger partial charge on any atom is 0.472 e. The first-order valence-electron chi connectivity index (χ1n) is 35.8. The fraction of sp³-hybridized carbons (Fsp3) is 0.459. The van der Waals surface area contributed by atoms with Crippen molar-refractivity contribution in [2.24, 2.45) is 11.8 Å². The van der Waals surface area contributed by atoms with Crippen LogP contribution in [0, 0.1) is 11.8 Å². The molecule has 26 nitrogen and oxygen atoms in total. The Labute approximate surface area is 624 Å². The summed E-state index contributed by atoms with van der Waals surface area (Å²) in [7, 11) is -14.7. The molecule has 0 spiro atoms. The number of phosphoric acid groups is 4. The summed E-state index contributed by atoms with van der Waals surface area (Å²) >= 11 is 0. The van der Waals surface area contributed by atoms with Crippen molar-refractivity contribution in [1.29, 1.82) is 0 Å². The monoisotopic (exact) mass is 1580 g/mol. The van der Waals surface area contributed by atoms with E-state index in [1.165, 1.54) is 68.1 Å². The van der Waals surface area contributed by atoms with Crippen LogP contribution < -0.4 is 21.5 Å². The van der Waals surface area contributed by atoms with E-state index in [9.17, 15) is 67.2 Å². The zero-order valence-electron chi connectivity index (χ0n) is 59.6. The van der Waals surface area contributed by atoms with Crippen LogP contribution in [0.4, 0.5) is 0 Å². The Hall–Kier alpha value is -6.06. The molecule has 8 N–H and O–H groups in total. The van der Waals surface area contributed by atoms with E-state index in [-0.39, 0.29) is 73.6 Å². The molecule has 4 aromatic rings. The Kier molecular flexibility index (Phi) is 35.0. The number of phenolic OH excluding ortho intramolecular Hbond substituents is 2. The van der Waals surface area contributed by atoms with E-state index in [0.29, 0.717) is 138 Å². The van der Waals surface area contributed by atoms with Gasteiger partial charge in [0.25, 0.3) is 11.8 Å². The number of unbranched alkanes of at least 4 members (excludes halogenated alkanes) is 11. The Balaban J connectivity index is 0.721. The fourth-order valence-corrected chi connectivity index (χ4v) is 17.1. The van der Waals surface area contributed by atoms with Crippen LogP contribution in [-0.4, -0.2) is 119 Å². The quantitative estimate of drug-likeness (QED) is 0.00759. The number of carbonyl (C=O) groups excluding carboxylic acids is 2. The zero-order valence-corrected chi connectivity index (χ0v) is 64.8. The van der Waals surface area contributed by atoms with Gasteiger partial charge in [0.1, 0.15) is 34.2 Å². The summed E-state index contributed by atoms with van der Waals surface area (Å²) in [5.41, 5.74) is 5.05.